The van der Waals surface area contributed by atoms with Crippen molar-refractivity contribution in [3.05, 3.63) is 0 Å². The smallest absolute Gasteiger partial charge is 0.300 e. The van der Waals surface area contributed by atoms with Gasteiger partial charge in [0.15, 0.2) is 0 Å². The third-order valence-corrected chi connectivity index (χ3v) is 0. The second kappa shape index (κ2) is 9.38. The molecule has 0 radical (unpaired) electrons. The van der Waals surface area contributed by atoms with Gasteiger partial charge >= 0.3 is 0 Å². The maximum atomic E-state index is 9.00. The zero-order valence-corrected chi connectivity index (χ0v) is 7.06. The maximum absolute atomic E-state index is 9.00. The van der Waals surface area contributed by atoms with E-state index in [2.05, 4.69) is 6.92 Å². The molecule has 0 fully saturated rings. The largest absolute Gasteiger partial charge is 0.481 e. The van der Waals surface area contributed by atoms with Gasteiger partial charge < -0.3 is 5.11 Å². The van der Waals surface area contributed by atoms with Gasteiger partial charge in [-0.1, -0.05) is 6.92 Å². The van der Waals surface area contributed by atoms with Crippen molar-refractivity contribution in [1.29, 1.82) is 0 Å². The third-order valence-electron chi connectivity index (χ3n) is 0. The summed E-state index contributed by atoms with van der Waals surface area (Å²) in [7, 11) is 0. The Morgan fingerprint density at radius 2 is 1.86 bits per heavy atom. The Labute approximate surface area is 52.0 Å². The maximum Gasteiger partial charge on any atom is 0.300 e. The van der Waals surface area contributed by atoms with Crippen molar-refractivity contribution in [2.24, 2.45) is 0 Å². The first-order valence-electron chi connectivity index (χ1n) is 2.34. The Hall–Kier alpha value is 0.00247. The van der Waals surface area contributed by atoms with E-state index in [9.17, 15) is 0 Å². The van der Waals surface area contributed by atoms with Crippen molar-refractivity contribution >= 4 is 22.3 Å². The molecule has 0 spiro atoms. The second-order valence-electron chi connectivity index (χ2n) is 1.23. The van der Waals surface area contributed by atoms with Crippen LogP contribution in [0.1, 0.15) is 13.8 Å². The Kier molecular flexibility index (Phi) is 13.5. The molecule has 2 nitrogen and oxygen atoms in total. The molecule has 1 N–H and O–H groups in total. The summed E-state index contributed by atoms with van der Waals surface area (Å²) in [4.78, 5) is 9.00. The second-order valence-corrected chi connectivity index (χ2v) is 2.64. The monoisotopic (exact) mass is 118 g/mol. The summed E-state index contributed by atoms with van der Waals surface area (Å²) in [6.07, 6.45) is 0. The lowest BCUT2D eigenvalue weighted by molar-refractivity contribution is -0.134. The van der Waals surface area contributed by atoms with Crippen molar-refractivity contribution in [2.45, 2.75) is 19.1 Å². The zero-order valence-electron chi connectivity index (χ0n) is 5.06. The first-order chi connectivity index (χ1) is 3.15. The Bertz CT molecular complexity index is 41.0. The number of hydrogen-bond donors (Lipinski definition) is 1. The summed E-state index contributed by atoms with van der Waals surface area (Å²) < 4.78 is 0. The van der Waals surface area contributed by atoms with Crippen molar-refractivity contribution < 1.29 is 9.90 Å². The van der Waals surface area contributed by atoms with Gasteiger partial charge in [-0.15, -0.1) is 5.28 Å². The highest BCUT2D eigenvalue weighted by molar-refractivity contribution is 6.08. The molecular formula is C4H11AlO2. The van der Waals surface area contributed by atoms with Gasteiger partial charge in [-0.25, -0.2) is 0 Å². The van der Waals surface area contributed by atoms with Crippen LogP contribution in [0.25, 0.3) is 0 Å². The van der Waals surface area contributed by atoms with Crippen molar-refractivity contribution in [3.8, 4) is 0 Å². The first-order valence-corrected chi connectivity index (χ1v) is 3.76. The highest BCUT2D eigenvalue weighted by Crippen LogP contribution is 1.49. The molecule has 7 heavy (non-hydrogen) atoms. The van der Waals surface area contributed by atoms with Crippen molar-refractivity contribution in [3.63, 3.8) is 0 Å². The molecule has 0 atom stereocenters. The Morgan fingerprint density at radius 1 is 1.86 bits per heavy atom. The van der Waals surface area contributed by atoms with Gasteiger partial charge in [0.05, 0.1) is 0 Å². The molecule has 0 aliphatic rings. The topological polar surface area (TPSA) is 37.3 Å². The van der Waals surface area contributed by atoms with Crippen LogP contribution in [0, 0.1) is 0 Å². The van der Waals surface area contributed by atoms with E-state index in [-0.39, 0.29) is 0 Å². The van der Waals surface area contributed by atoms with Crippen LogP contribution in [0.2, 0.25) is 5.28 Å². The van der Waals surface area contributed by atoms with E-state index in [1.165, 1.54) is 21.6 Å². The van der Waals surface area contributed by atoms with Crippen LogP contribution in [0.3, 0.4) is 0 Å². The minimum absolute atomic E-state index is 0.833. The van der Waals surface area contributed by atoms with Crippen LogP contribution < -0.4 is 0 Å². The van der Waals surface area contributed by atoms with Crippen LogP contribution >= 0.6 is 0 Å². The number of hydrogen-bond acceptors (Lipinski definition) is 1. The molecule has 0 aliphatic heterocycles. The van der Waals surface area contributed by atoms with E-state index >= 15 is 0 Å². The molecule has 0 rings (SSSR count). The highest BCUT2D eigenvalue weighted by Gasteiger charge is 1.65. The lowest BCUT2D eigenvalue weighted by Crippen LogP contribution is -1.78. The molecule has 0 amide bonds. The number of carboxylic acid groups (broad SMARTS) is 1. The average Bonchev–Trinajstić information content (AvgIpc) is 1.33. The van der Waals surface area contributed by atoms with E-state index in [4.69, 9.17) is 9.90 Å². The summed E-state index contributed by atoms with van der Waals surface area (Å²) in [6, 6.07) is 0. The lowest BCUT2D eigenvalue weighted by atomic mass is 10.9. The molecule has 42 valence electrons. The molecule has 0 aromatic rings. The van der Waals surface area contributed by atoms with Crippen LogP contribution in [0.15, 0.2) is 0 Å². The first kappa shape index (κ1) is 10.1. The van der Waals surface area contributed by atoms with E-state index < -0.39 is 5.97 Å². The summed E-state index contributed by atoms with van der Waals surface area (Å²) in [5, 5.41) is 8.81. The normalized spacial score (nSPS) is 6.00. The van der Waals surface area contributed by atoms with Crippen molar-refractivity contribution in [1.82, 2.24) is 0 Å². The fourth-order valence-electron chi connectivity index (χ4n) is 0. The predicted octanol–water partition coefficient (Wildman–Crippen LogP) is 0.149. The Balaban J connectivity index is 0. The highest BCUT2D eigenvalue weighted by atomic mass is 27.0. The van der Waals surface area contributed by atoms with Gasteiger partial charge in [0.25, 0.3) is 5.97 Å². The van der Waals surface area contributed by atoms with E-state index in [1.807, 2.05) is 0 Å². The van der Waals surface area contributed by atoms with Crippen molar-refractivity contribution in [2.75, 3.05) is 0 Å². The van der Waals surface area contributed by atoms with E-state index in [0.717, 1.165) is 6.92 Å². The molecule has 0 unspecified atom stereocenters. The van der Waals surface area contributed by atoms with Crippen LogP contribution in [-0.4, -0.2) is 27.4 Å². The molecule has 0 saturated carbocycles. The van der Waals surface area contributed by atoms with Crippen LogP contribution in [-0.2, 0) is 4.79 Å². The molecule has 0 aliphatic carbocycles. The average molecular weight is 118 g/mol. The quantitative estimate of drug-likeness (QED) is 0.460. The van der Waals surface area contributed by atoms with Gasteiger partial charge in [0, 0.05) is 6.92 Å². The minimum Gasteiger partial charge on any atom is -0.481 e. The van der Waals surface area contributed by atoms with E-state index in [1.54, 1.807) is 0 Å². The number of aliphatic carboxylic acids is 1. The molecule has 0 aromatic heterocycles. The summed E-state index contributed by atoms with van der Waals surface area (Å²) >= 11 is 1.37. The molecule has 3 heteroatoms. The zero-order chi connectivity index (χ0) is 6.28. The van der Waals surface area contributed by atoms with E-state index in [0.29, 0.717) is 0 Å². The standard InChI is InChI=1S/C2H4O2.C2H5.Al.2H/c1-2(3)4;1-2;;;/h1H3,(H,3,4);1H2,2H3;;;. The summed E-state index contributed by atoms with van der Waals surface area (Å²) in [6.45, 7) is 3.27. The molecule has 0 heterocycles. The predicted molar refractivity (Wildman–Crippen MR) is 32.3 cm³/mol. The number of rotatable bonds is 0. The SMILES string of the molecule is CC(=O)O.C[CH2][AlH2]. The van der Waals surface area contributed by atoms with Crippen LogP contribution in [0.4, 0.5) is 0 Å². The Morgan fingerprint density at radius 3 is 1.86 bits per heavy atom. The molecule has 0 bridgehead atoms. The summed E-state index contributed by atoms with van der Waals surface area (Å²) in [5.74, 6) is -0.833. The molecule has 0 saturated heterocycles. The fraction of sp³-hybridized carbons (Fsp3) is 0.750. The molecular weight excluding hydrogens is 107 g/mol. The van der Waals surface area contributed by atoms with Gasteiger partial charge in [-0.3, -0.25) is 4.79 Å². The third kappa shape index (κ3) is 15800000. The lowest BCUT2D eigenvalue weighted by Gasteiger charge is -1.59. The van der Waals surface area contributed by atoms with Gasteiger partial charge in [0.1, 0.15) is 0 Å². The van der Waals surface area contributed by atoms with Gasteiger partial charge in [0.2, 0.25) is 16.3 Å². The number of carboxylic acids is 1. The minimum atomic E-state index is -0.833. The molecule has 0 aromatic carbocycles. The van der Waals surface area contributed by atoms with Gasteiger partial charge in [-0.2, -0.15) is 0 Å². The summed E-state index contributed by atoms with van der Waals surface area (Å²) in [5.41, 5.74) is 0. The number of carbonyl (C=O) groups is 1. The van der Waals surface area contributed by atoms with Crippen LogP contribution in [0.5, 0.6) is 0 Å². The fourth-order valence-corrected chi connectivity index (χ4v) is 0. The van der Waals surface area contributed by atoms with Gasteiger partial charge in [-0.05, 0) is 0 Å².